The van der Waals surface area contributed by atoms with Crippen LogP contribution in [0.2, 0.25) is 0 Å². The van der Waals surface area contributed by atoms with Gasteiger partial charge in [-0.2, -0.15) is 0 Å². The first-order valence-corrected chi connectivity index (χ1v) is 9.27. The molecule has 0 aliphatic rings. The van der Waals surface area contributed by atoms with Crippen LogP contribution in [-0.2, 0) is 4.79 Å². The molecular formula is C23H18N4O3. The molecule has 3 aromatic carbocycles. The molecule has 1 heterocycles. The molecule has 2 N–H and O–H groups in total. The van der Waals surface area contributed by atoms with Gasteiger partial charge in [-0.15, -0.1) is 10.2 Å². The minimum atomic E-state index is -0.271. The summed E-state index contributed by atoms with van der Waals surface area (Å²) < 4.78 is 5.77. The Hall–Kier alpha value is -4.26. The lowest BCUT2D eigenvalue weighted by molar-refractivity contribution is -0.114. The Morgan fingerprint density at radius 1 is 0.733 bits per heavy atom. The van der Waals surface area contributed by atoms with E-state index in [1.165, 1.54) is 6.92 Å². The molecule has 0 fully saturated rings. The second kappa shape index (κ2) is 8.40. The molecule has 7 heteroatoms. The smallest absolute Gasteiger partial charge is 0.255 e. The molecule has 4 rings (SSSR count). The zero-order valence-corrected chi connectivity index (χ0v) is 16.1. The monoisotopic (exact) mass is 398 g/mol. The Bertz CT molecular complexity index is 1180. The van der Waals surface area contributed by atoms with Crippen LogP contribution in [0.3, 0.4) is 0 Å². The van der Waals surface area contributed by atoms with E-state index < -0.39 is 0 Å². The van der Waals surface area contributed by atoms with Crippen molar-refractivity contribution in [1.29, 1.82) is 0 Å². The summed E-state index contributed by atoms with van der Waals surface area (Å²) in [4.78, 5) is 23.7. The highest BCUT2D eigenvalue weighted by Crippen LogP contribution is 2.24. The highest BCUT2D eigenvalue weighted by Gasteiger charge is 2.13. The van der Waals surface area contributed by atoms with Gasteiger partial charge in [0.15, 0.2) is 0 Å². The molecule has 0 saturated carbocycles. The highest BCUT2D eigenvalue weighted by molar-refractivity contribution is 6.05. The van der Waals surface area contributed by atoms with Crippen LogP contribution in [0, 0.1) is 0 Å². The fourth-order valence-corrected chi connectivity index (χ4v) is 2.87. The number of nitrogens with zero attached hydrogens (tertiary/aromatic N) is 2. The summed E-state index contributed by atoms with van der Waals surface area (Å²) in [6.07, 6.45) is 0. The average molecular weight is 398 g/mol. The molecule has 2 amide bonds. The van der Waals surface area contributed by atoms with E-state index >= 15 is 0 Å². The van der Waals surface area contributed by atoms with Gasteiger partial charge in [-0.1, -0.05) is 24.3 Å². The number of benzene rings is 3. The second-order valence-electron chi connectivity index (χ2n) is 6.57. The maximum Gasteiger partial charge on any atom is 0.255 e. The molecule has 0 bridgehead atoms. The van der Waals surface area contributed by atoms with Crippen molar-refractivity contribution < 1.29 is 14.0 Å². The number of aromatic nitrogens is 2. The largest absolute Gasteiger partial charge is 0.416 e. The Balaban J connectivity index is 1.50. The molecule has 0 atom stereocenters. The number of anilines is 2. The summed E-state index contributed by atoms with van der Waals surface area (Å²) in [6, 6.07) is 23.3. The Kier molecular flexibility index (Phi) is 5.34. The predicted octanol–water partition coefficient (Wildman–Crippen LogP) is 4.61. The Labute approximate surface area is 172 Å². The van der Waals surface area contributed by atoms with Crippen LogP contribution in [-0.4, -0.2) is 22.0 Å². The highest BCUT2D eigenvalue weighted by atomic mass is 16.4. The van der Waals surface area contributed by atoms with E-state index in [1.54, 1.807) is 48.5 Å². The van der Waals surface area contributed by atoms with Crippen LogP contribution in [0.4, 0.5) is 11.4 Å². The summed E-state index contributed by atoms with van der Waals surface area (Å²) in [7, 11) is 0. The SMILES string of the molecule is CC(=O)Nc1ccc(NC(=O)c2cccc(-c3nnc(-c4ccccc4)o3)c2)cc1. The van der Waals surface area contributed by atoms with E-state index in [0.29, 0.717) is 34.3 Å². The van der Waals surface area contributed by atoms with Crippen LogP contribution >= 0.6 is 0 Å². The molecule has 0 radical (unpaired) electrons. The van der Waals surface area contributed by atoms with E-state index in [0.717, 1.165) is 5.56 Å². The first-order valence-electron chi connectivity index (χ1n) is 9.27. The van der Waals surface area contributed by atoms with Gasteiger partial charge in [-0.25, -0.2) is 0 Å². The van der Waals surface area contributed by atoms with Crippen molar-refractivity contribution in [2.75, 3.05) is 10.6 Å². The van der Waals surface area contributed by atoms with Crippen molar-refractivity contribution in [3.63, 3.8) is 0 Å². The van der Waals surface area contributed by atoms with E-state index in [4.69, 9.17) is 4.42 Å². The van der Waals surface area contributed by atoms with Gasteiger partial charge in [0.05, 0.1) is 0 Å². The van der Waals surface area contributed by atoms with Gasteiger partial charge in [0.2, 0.25) is 17.7 Å². The number of carbonyl (C=O) groups is 2. The topological polar surface area (TPSA) is 97.1 Å². The van der Waals surface area contributed by atoms with Crippen molar-refractivity contribution in [3.05, 3.63) is 84.4 Å². The van der Waals surface area contributed by atoms with Crippen LogP contribution in [0.1, 0.15) is 17.3 Å². The molecule has 0 spiro atoms. The first kappa shape index (κ1) is 19.1. The molecule has 0 aliphatic carbocycles. The van der Waals surface area contributed by atoms with Crippen LogP contribution in [0.25, 0.3) is 22.9 Å². The van der Waals surface area contributed by atoms with Crippen LogP contribution in [0.5, 0.6) is 0 Å². The number of hydrogen-bond donors (Lipinski definition) is 2. The van der Waals surface area contributed by atoms with Crippen molar-refractivity contribution in [1.82, 2.24) is 10.2 Å². The summed E-state index contributed by atoms with van der Waals surface area (Å²) in [5, 5.41) is 13.7. The Morgan fingerprint density at radius 3 is 2.00 bits per heavy atom. The van der Waals surface area contributed by atoms with Gasteiger partial charge < -0.3 is 15.1 Å². The van der Waals surface area contributed by atoms with Gasteiger partial charge in [0.1, 0.15) is 0 Å². The van der Waals surface area contributed by atoms with E-state index in [1.807, 2.05) is 30.3 Å². The number of amides is 2. The standard InChI is InChI=1S/C23H18N4O3/c1-15(28)24-19-10-12-20(13-11-19)25-21(29)17-8-5-9-18(14-17)23-27-26-22(30-23)16-6-3-2-4-7-16/h2-14H,1H3,(H,24,28)(H,25,29). The number of rotatable bonds is 5. The lowest BCUT2D eigenvalue weighted by atomic mass is 10.1. The molecule has 7 nitrogen and oxygen atoms in total. The third kappa shape index (κ3) is 4.41. The third-order valence-electron chi connectivity index (χ3n) is 4.28. The first-order chi connectivity index (χ1) is 14.6. The van der Waals surface area contributed by atoms with Gasteiger partial charge in [0, 0.05) is 35.0 Å². The van der Waals surface area contributed by atoms with Gasteiger partial charge in [-0.05, 0) is 54.6 Å². The molecule has 0 aliphatic heterocycles. The van der Waals surface area contributed by atoms with Crippen molar-refractivity contribution >= 4 is 23.2 Å². The van der Waals surface area contributed by atoms with E-state index in [-0.39, 0.29) is 11.8 Å². The Morgan fingerprint density at radius 2 is 1.33 bits per heavy atom. The van der Waals surface area contributed by atoms with Crippen molar-refractivity contribution in [2.45, 2.75) is 6.92 Å². The summed E-state index contributed by atoms with van der Waals surface area (Å²) >= 11 is 0. The van der Waals surface area contributed by atoms with Crippen molar-refractivity contribution in [3.8, 4) is 22.9 Å². The summed E-state index contributed by atoms with van der Waals surface area (Å²) in [6.45, 7) is 1.44. The fraction of sp³-hybridized carbons (Fsp3) is 0.0435. The maximum absolute atomic E-state index is 12.6. The fourth-order valence-electron chi connectivity index (χ4n) is 2.87. The lowest BCUT2D eigenvalue weighted by Gasteiger charge is -2.07. The molecule has 30 heavy (non-hydrogen) atoms. The van der Waals surface area contributed by atoms with E-state index in [2.05, 4.69) is 20.8 Å². The molecule has 0 unspecified atom stereocenters. The number of hydrogen-bond acceptors (Lipinski definition) is 5. The van der Waals surface area contributed by atoms with Gasteiger partial charge >= 0.3 is 0 Å². The molecule has 0 saturated heterocycles. The molecule has 4 aromatic rings. The lowest BCUT2D eigenvalue weighted by Crippen LogP contribution is -2.12. The zero-order chi connectivity index (χ0) is 20.9. The van der Waals surface area contributed by atoms with Crippen LogP contribution in [0.15, 0.2) is 83.3 Å². The zero-order valence-electron chi connectivity index (χ0n) is 16.1. The van der Waals surface area contributed by atoms with E-state index in [9.17, 15) is 9.59 Å². The normalized spacial score (nSPS) is 10.4. The predicted molar refractivity (Wildman–Crippen MR) is 114 cm³/mol. The van der Waals surface area contributed by atoms with Gasteiger partial charge in [0.25, 0.3) is 5.91 Å². The molecular weight excluding hydrogens is 380 g/mol. The number of nitrogens with one attached hydrogen (secondary N) is 2. The summed E-state index contributed by atoms with van der Waals surface area (Å²) in [5.74, 6) is 0.329. The molecule has 1 aromatic heterocycles. The average Bonchev–Trinajstić information content (AvgIpc) is 3.26. The second-order valence-corrected chi connectivity index (χ2v) is 6.57. The minimum Gasteiger partial charge on any atom is -0.416 e. The quantitative estimate of drug-likeness (QED) is 0.511. The summed E-state index contributed by atoms with van der Waals surface area (Å²) in [5.41, 5.74) is 3.21. The maximum atomic E-state index is 12.6. The third-order valence-corrected chi connectivity index (χ3v) is 4.28. The van der Waals surface area contributed by atoms with Crippen molar-refractivity contribution in [2.24, 2.45) is 0 Å². The molecule has 148 valence electrons. The number of carbonyl (C=O) groups excluding carboxylic acids is 2. The minimum absolute atomic E-state index is 0.153. The van der Waals surface area contributed by atoms with Crippen LogP contribution < -0.4 is 10.6 Å². The van der Waals surface area contributed by atoms with Gasteiger partial charge in [-0.3, -0.25) is 9.59 Å².